The molecule has 2 aromatic carbocycles. The number of nitrogens with zero attached hydrogens (tertiary/aromatic N) is 2. The van der Waals surface area contributed by atoms with E-state index in [1.807, 2.05) is 0 Å². The number of hydrazone groups is 1. The Hall–Kier alpha value is -2.82. The first-order valence-corrected chi connectivity index (χ1v) is 12.0. The van der Waals surface area contributed by atoms with Gasteiger partial charge in [-0.15, -0.1) is 0 Å². The summed E-state index contributed by atoms with van der Waals surface area (Å²) in [4.78, 5) is 12.7. The molecule has 0 aliphatic carbocycles. The SMILES string of the molecule is COc1cc(/C=N\NC(=O)C2CCN(S(=O)(=O)c3ccc(Cl)cc3)CC2)cc(OC)c1OC. The zero-order valence-corrected chi connectivity index (χ0v) is 20.1. The molecular formula is C22H26ClN3O6S. The first-order valence-electron chi connectivity index (χ1n) is 10.2. The number of piperidine rings is 1. The van der Waals surface area contributed by atoms with Gasteiger partial charge in [0, 0.05) is 29.6 Å². The van der Waals surface area contributed by atoms with Crippen molar-refractivity contribution in [2.45, 2.75) is 17.7 Å². The molecule has 1 heterocycles. The summed E-state index contributed by atoms with van der Waals surface area (Å²) in [5, 5.41) is 4.49. The van der Waals surface area contributed by atoms with Crippen LogP contribution < -0.4 is 19.6 Å². The topological polar surface area (TPSA) is 107 Å². The van der Waals surface area contributed by atoms with E-state index in [-0.39, 0.29) is 29.8 Å². The van der Waals surface area contributed by atoms with Crippen LogP contribution in [0.3, 0.4) is 0 Å². The number of carbonyl (C=O) groups is 1. The summed E-state index contributed by atoms with van der Waals surface area (Å²) < 4.78 is 42.8. The minimum absolute atomic E-state index is 0.185. The van der Waals surface area contributed by atoms with Gasteiger partial charge in [0.25, 0.3) is 0 Å². The Morgan fingerprint density at radius 1 is 1.06 bits per heavy atom. The molecule has 11 heteroatoms. The molecular weight excluding hydrogens is 470 g/mol. The number of rotatable bonds is 8. The Labute approximate surface area is 198 Å². The summed E-state index contributed by atoms with van der Waals surface area (Å²) in [5.41, 5.74) is 3.18. The Balaban J connectivity index is 1.58. The van der Waals surface area contributed by atoms with E-state index in [1.165, 1.54) is 44.0 Å². The van der Waals surface area contributed by atoms with E-state index >= 15 is 0 Å². The standard InChI is InChI=1S/C22H26ClN3O6S/c1-30-19-12-15(13-20(31-2)21(19)32-3)14-24-25-22(27)16-8-10-26(11-9-16)33(28,29)18-6-4-17(23)5-7-18/h4-7,12-14,16H,8-11H2,1-3H3,(H,25,27)/b24-14-. The van der Waals surface area contributed by atoms with E-state index in [2.05, 4.69) is 10.5 Å². The zero-order valence-electron chi connectivity index (χ0n) is 18.6. The molecule has 0 saturated carbocycles. The van der Waals surface area contributed by atoms with E-state index in [1.54, 1.807) is 24.3 Å². The number of amides is 1. The van der Waals surface area contributed by atoms with E-state index in [0.29, 0.717) is 40.7 Å². The molecule has 1 N–H and O–H groups in total. The molecule has 9 nitrogen and oxygen atoms in total. The van der Waals surface area contributed by atoms with Crippen molar-refractivity contribution in [1.29, 1.82) is 0 Å². The second-order valence-corrected chi connectivity index (χ2v) is 9.70. The van der Waals surface area contributed by atoms with Crippen LogP contribution >= 0.6 is 11.6 Å². The first kappa shape index (κ1) is 24.8. The fourth-order valence-electron chi connectivity index (χ4n) is 3.55. The van der Waals surface area contributed by atoms with Crippen LogP contribution in [0.15, 0.2) is 46.4 Å². The van der Waals surface area contributed by atoms with E-state index in [9.17, 15) is 13.2 Å². The molecule has 0 unspecified atom stereocenters. The number of sulfonamides is 1. The number of carbonyl (C=O) groups excluding carboxylic acids is 1. The summed E-state index contributed by atoms with van der Waals surface area (Å²) in [6.07, 6.45) is 2.28. The molecule has 178 valence electrons. The van der Waals surface area contributed by atoms with Crippen LogP contribution in [0.1, 0.15) is 18.4 Å². The number of benzene rings is 2. The van der Waals surface area contributed by atoms with Gasteiger partial charge >= 0.3 is 0 Å². The molecule has 3 rings (SSSR count). The summed E-state index contributed by atoms with van der Waals surface area (Å²) in [6, 6.07) is 9.46. The minimum Gasteiger partial charge on any atom is -0.493 e. The summed E-state index contributed by atoms with van der Waals surface area (Å²) in [6.45, 7) is 0.499. The van der Waals surface area contributed by atoms with Gasteiger partial charge in [-0.25, -0.2) is 13.8 Å². The molecule has 0 bridgehead atoms. The lowest BCUT2D eigenvalue weighted by atomic mass is 9.98. The Morgan fingerprint density at radius 2 is 1.64 bits per heavy atom. The Morgan fingerprint density at radius 3 is 2.15 bits per heavy atom. The first-order chi connectivity index (χ1) is 15.8. The normalized spacial score (nSPS) is 15.4. The van der Waals surface area contributed by atoms with Crippen molar-refractivity contribution in [3.05, 3.63) is 47.0 Å². The third-order valence-electron chi connectivity index (χ3n) is 5.35. The molecule has 0 radical (unpaired) electrons. The molecule has 2 aromatic rings. The largest absolute Gasteiger partial charge is 0.493 e. The summed E-state index contributed by atoms with van der Waals surface area (Å²) in [7, 11) is 0.920. The smallest absolute Gasteiger partial charge is 0.243 e. The van der Waals surface area contributed by atoms with Crippen molar-refractivity contribution in [1.82, 2.24) is 9.73 Å². The van der Waals surface area contributed by atoms with Crippen molar-refractivity contribution >= 4 is 33.7 Å². The van der Waals surface area contributed by atoms with Gasteiger partial charge in [-0.3, -0.25) is 4.79 Å². The predicted molar refractivity (Wildman–Crippen MR) is 125 cm³/mol. The van der Waals surface area contributed by atoms with Crippen molar-refractivity contribution in [2.24, 2.45) is 11.0 Å². The van der Waals surface area contributed by atoms with Gasteiger partial charge in [-0.2, -0.15) is 9.41 Å². The average molecular weight is 496 g/mol. The van der Waals surface area contributed by atoms with Crippen LogP contribution in [-0.4, -0.2) is 59.3 Å². The molecule has 0 spiro atoms. The van der Waals surface area contributed by atoms with Gasteiger partial charge in [-0.1, -0.05) is 11.6 Å². The number of halogens is 1. The third kappa shape index (κ3) is 5.76. The molecule has 33 heavy (non-hydrogen) atoms. The summed E-state index contributed by atoms with van der Waals surface area (Å²) in [5.74, 6) is 0.806. The van der Waals surface area contributed by atoms with Crippen LogP contribution in [0.5, 0.6) is 17.2 Å². The van der Waals surface area contributed by atoms with Gasteiger partial charge in [-0.05, 0) is 49.2 Å². The minimum atomic E-state index is -3.62. The Bertz CT molecular complexity index is 1090. The number of nitrogens with one attached hydrogen (secondary N) is 1. The number of hydrogen-bond donors (Lipinski definition) is 1. The third-order valence-corrected chi connectivity index (χ3v) is 7.52. The van der Waals surface area contributed by atoms with Gasteiger partial charge in [0.15, 0.2) is 11.5 Å². The van der Waals surface area contributed by atoms with Gasteiger partial charge in [0.2, 0.25) is 21.7 Å². The second-order valence-electron chi connectivity index (χ2n) is 7.33. The van der Waals surface area contributed by atoms with Gasteiger partial charge in [0.1, 0.15) is 0 Å². The van der Waals surface area contributed by atoms with E-state index < -0.39 is 10.0 Å². The molecule has 1 aliphatic rings. The van der Waals surface area contributed by atoms with Crippen LogP contribution in [0.2, 0.25) is 5.02 Å². The number of hydrogen-bond acceptors (Lipinski definition) is 7. The highest BCUT2D eigenvalue weighted by atomic mass is 35.5. The molecule has 1 aliphatic heterocycles. The van der Waals surface area contributed by atoms with Crippen molar-refractivity contribution in [3.8, 4) is 17.2 Å². The van der Waals surface area contributed by atoms with Crippen LogP contribution in [-0.2, 0) is 14.8 Å². The predicted octanol–water partition coefficient (Wildman–Crippen LogP) is 2.92. The molecule has 0 aromatic heterocycles. The number of methoxy groups -OCH3 is 3. The lowest BCUT2D eigenvalue weighted by Gasteiger charge is -2.30. The van der Waals surface area contributed by atoms with Crippen LogP contribution in [0.4, 0.5) is 0 Å². The fraction of sp³-hybridized carbons (Fsp3) is 0.364. The molecule has 1 saturated heterocycles. The lowest BCUT2D eigenvalue weighted by molar-refractivity contribution is -0.126. The van der Waals surface area contributed by atoms with Crippen molar-refractivity contribution in [3.63, 3.8) is 0 Å². The molecule has 0 atom stereocenters. The van der Waals surface area contributed by atoms with E-state index in [0.717, 1.165) is 0 Å². The number of ether oxygens (including phenoxy) is 3. The van der Waals surface area contributed by atoms with E-state index in [4.69, 9.17) is 25.8 Å². The summed E-state index contributed by atoms with van der Waals surface area (Å²) >= 11 is 5.84. The maximum absolute atomic E-state index is 12.8. The molecule has 1 fully saturated rings. The van der Waals surface area contributed by atoms with Crippen LogP contribution in [0, 0.1) is 5.92 Å². The second kappa shape index (κ2) is 10.9. The zero-order chi connectivity index (χ0) is 24.0. The molecule has 1 amide bonds. The van der Waals surface area contributed by atoms with Gasteiger partial charge < -0.3 is 14.2 Å². The monoisotopic (exact) mass is 495 g/mol. The maximum Gasteiger partial charge on any atom is 0.243 e. The maximum atomic E-state index is 12.8. The quantitative estimate of drug-likeness (QED) is 0.446. The van der Waals surface area contributed by atoms with Crippen LogP contribution in [0.25, 0.3) is 0 Å². The fourth-order valence-corrected chi connectivity index (χ4v) is 5.15. The van der Waals surface area contributed by atoms with Crippen molar-refractivity contribution < 1.29 is 27.4 Å². The highest BCUT2D eigenvalue weighted by Crippen LogP contribution is 2.37. The average Bonchev–Trinajstić information content (AvgIpc) is 2.83. The lowest BCUT2D eigenvalue weighted by Crippen LogP contribution is -2.42. The van der Waals surface area contributed by atoms with Crippen molar-refractivity contribution in [2.75, 3.05) is 34.4 Å². The Kier molecular flexibility index (Phi) is 8.17. The van der Waals surface area contributed by atoms with Gasteiger partial charge in [0.05, 0.1) is 32.4 Å². The highest BCUT2D eigenvalue weighted by Gasteiger charge is 2.32. The highest BCUT2D eigenvalue weighted by molar-refractivity contribution is 7.89.